The van der Waals surface area contributed by atoms with Gasteiger partial charge in [0.05, 0.1) is 17.9 Å². The van der Waals surface area contributed by atoms with Crippen LogP contribution < -0.4 is 4.90 Å². The Kier molecular flexibility index (Phi) is 4.31. The van der Waals surface area contributed by atoms with Crippen LogP contribution in [0.5, 0.6) is 0 Å². The van der Waals surface area contributed by atoms with Crippen molar-refractivity contribution in [3.63, 3.8) is 0 Å². The number of anilines is 1. The number of carbonyl (C=O) groups is 1. The van der Waals surface area contributed by atoms with Crippen molar-refractivity contribution in [2.75, 3.05) is 31.7 Å². The standard InChI is InChI=1S/C14H18FNO2/c1-18-10-11-4-3-7-16(8-11)14-6-2-5-13(15)12(14)9-17/h2,5-6,9,11H,3-4,7-8,10H2,1H3. The molecule has 0 saturated carbocycles. The maximum Gasteiger partial charge on any atom is 0.155 e. The molecule has 3 nitrogen and oxygen atoms in total. The molecule has 4 heteroatoms. The van der Waals surface area contributed by atoms with E-state index in [1.807, 2.05) is 6.07 Å². The van der Waals surface area contributed by atoms with Crippen LogP contribution >= 0.6 is 0 Å². The quantitative estimate of drug-likeness (QED) is 0.770. The van der Waals surface area contributed by atoms with Crippen LogP contribution in [0.15, 0.2) is 18.2 Å². The van der Waals surface area contributed by atoms with Crippen LogP contribution in [0.4, 0.5) is 10.1 Å². The summed E-state index contributed by atoms with van der Waals surface area (Å²) < 4.78 is 18.7. The molecule has 1 saturated heterocycles. The van der Waals surface area contributed by atoms with E-state index in [2.05, 4.69) is 4.90 Å². The second-order valence-corrected chi connectivity index (χ2v) is 4.70. The van der Waals surface area contributed by atoms with Crippen LogP contribution in [0, 0.1) is 11.7 Å². The van der Waals surface area contributed by atoms with Crippen molar-refractivity contribution in [2.24, 2.45) is 5.92 Å². The van der Waals surface area contributed by atoms with Crippen LogP contribution in [0.2, 0.25) is 0 Å². The summed E-state index contributed by atoms with van der Waals surface area (Å²) >= 11 is 0. The number of nitrogens with zero attached hydrogens (tertiary/aromatic N) is 1. The Morgan fingerprint density at radius 1 is 1.56 bits per heavy atom. The summed E-state index contributed by atoms with van der Waals surface area (Å²) in [7, 11) is 1.69. The van der Waals surface area contributed by atoms with Gasteiger partial charge in [0.15, 0.2) is 6.29 Å². The van der Waals surface area contributed by atoms with Gasteiger partial charge >= 0.3 is 0 Å². The Balaban J connectivity index is 2.20. The molecule has 0 N–H and O–H groups in total. The van der Waals surface area contributed by atoms with Crippen LogP contribution in [0.25, 0.3) is 0 Å². The summed E-state index contributed by atoms with van der Waals surface area (Å²) in [5.74, 6) is 0.00267. The summed E-state index contributed by atoms with van der Waals surface area (Å²) in [5.41, 5.74) is 0.862. The predicted molar refractivity (Wildman–Crippen MR) is 68.6 cm³/mol. The molecule has 1 unspecified atom stereocenters. The first-order chi connectivity index (χ1) is 8.76. The van der Waals surface area contributed by atoms with Gasteiger partial charge in [0, 0.05) is 20.2 Å². The summed E-state index contributed by atoms with van der Waals surface area (Å²) in [4.78, 5) is 13.1. The third-order valence-electron chi connectivity index (χ3n) is 3.41. The van der Waals surface area contributed by atoms with Gasteiger partial charge in [-0.25, -0.2) is 4.39 Å². The number of rotatable bonds is 4. The Morgan fingerprint density at radius 3 is 3.11 bits per heavy atom. The number of hydrogen-bond acceptors (Lipinski definition) is 3. The lowest BCUT2D eigenvalue weighted by Gasteiger charge is -2.34. The number of methoxy groups -OCH3 is 1. The minimum Gasteiger partial charge on any atom is -0.384 e. The van der Waals surface area contributed by atoms with Crippen LogP contribution in [-0.4, -0.2) is 33.1 Å². The topological polar surface area (TPSA) is 29.5 Å². The molecule has 1 heterocycles. The van der Waals surface area contributed by atoms with Gasteiger partial charge in [-0.15, -0.1) is 0 Å². The Bertz CT molecular complexity index is 420. The first kappa shape index (κ1) is 13.0. The van der Waals surface area contributed by atoms with E-state index in [9.17, 15) is 9.18 Å². The molecule has 0 spiro atoms. The fraction of sp³-hybridized carbons (Fsp3) is 0.500. The molecule has 1 fully saturated rings. The van der Waals surface area contributed by atoms with E-state index in [0.29, 0.717) is 24.5 Å². The van der Waals surface area contributed by atoms with E-state index in [1.54, 1.807) is 13.2 Å². The molecule has 1 aromatic carbocycles. The largest absolute Gasteiger partial charge is 0.384 e. The zero-order chi connectivity index (χ0) is 13.0. The van der Waals surface area contributed by atoms with Gasteiger partial charge in [0.1, 0.15) is 5.82 Å². The molecule has 18 heavy (non-hydrogen) atoms. The molecular weight excluding hydrogens is 233 g/mol. The maximum absolute atomic E-state index is 13.6. The summed E-state index contributed by atoms with van der Waals surface area (Å²) in [6, 6.07) is 4.78. The molecular formula is C14H18FNO2. The van der Waals surface area contributed by atoms with Crippen LogP contribution in [-0.2, 0) is 4.74 Å². The van der Waals surface area contributed by atoms with Gasteiger partial charge in [-0.2, -0.15) is 0 Å². The van der Waals surface area contributed by atoms with Crippen molar-refractivity contribution in [2.45, 2.75) is 12.8 Å². The average Bonchev–Trinajstić information content (AvgIpc) is 2.39. The highest BCUT2D eigenvalue weighted by molar-refractivity contribution is 5.85. The number of aldehydes is 1. The lowest BCUT2D eigenvalue weighted by atomic mass is 9.97. The number of piperidine rings is 1. The zero-order valence-electron chi connectivity index (χ0n) is 10.6. The Hall–Kier alpha value is -1.42. The number of halogens is 1. The molecule has 0 radical (unpaired) electrons. The number of benzene rings is 1. The van der Waals surface area contributed by atoms with Gasteiger partial charge in [-0.1, -0.05) is 6.07 Å². The lowest BCUT2D eigenvalue weighted by Crippen LogP contribution is -2.37. The van der Waals surface area contributed by atoms with Gasteiger partial charge < -0.3 is 9.64 Å². The second-order valence-electron chi connectivity index (χ2n) is 4.70. The van der Waals surface area contributed by atoms with E-state index in [4.69, 9.17) is 4.74 Å². The molecule has 2 rings (SSSR count). The van der Waals surface area contributed by atoms with Gasteiger partial charge in [0.2, 0.25) is 0 Å². The van der Waals surface area contributed by atoms with Crippen molar-refractivity contribution in [1.29, 1.82) is 0 Å². The van der Waals surface area contributed by atoms with Crippen LogP contribution in [0.1, 0.15) is 23.2 Å². The summed E-state index contributed by atoms with van der Waals surface area (Å²) in [6.45, 7) is 2.39. The fourth-order valence-corrected chi connectivity index (χ4v) is 2.57. The van der Waals surface area contributed by atoms with Crippen LogP contribution in [0.3, 0.4) is 0 Å². The van der Waals surface area contributed by atoms with Crippen molar-refractivity contribution in [1.82, 2.24) is 0 Å². The average molecular weight is 251 g/mol. The summed E-state index contributed by atoms with van der Waals surface area (Å²) in [5, 5.41) is 0. The molecule has 1 atom stereocenters. The van der Waals surface area contributed by atoms with Crippen molar-refractivity contribution in [3.05, 3.63) is 29.6 Å². The van der Waals surface area contributed by atoms with Crippen molar-refractivity contribution >= 4 is 12.0 Å². The summed E-state index contributed by atoms with van der Waals surface area (Å²) in [6.07, 6.45) is 2.77. The number of carbonyl (C=O) groups excluding carboxylic acids is 1. The third kappa shape index (κ3) is 2.70. The highest BCUT2D eigenvalue weighted by atomic mass is 19.1. The first-order valence-corrected chi connectivity index (χ1v) is 6.24. The highest BCUT2D eigenvalue weighted by Crippen LogP contribution is 2.27. The fourth-order valence-electron chi connectivity index (χ4n) is 2.57. The molecule has 0 aromatic heterocycles. The van der Waals surface area contributed by atoms with Gasteiger partial charge in [0.25, 0.3) is 0 Å². The number of ether oxygens (including phenoxy) is 1. The molecule has 0 amide bonds. The van der Waals surface area contributed by atoms with E-state index >= 15 is 0 Å². The minimum absolute atomic E-state index is 0.163. The predicted octanol–water partition coefficient (Wildman–Crippen LogP) is 2.50. The smallest absolute Gasteiger partial charge is 0.155 e. The van der Waals surface area contributed by atoms with Gasteiger partial charge in [-0.05, 0) is 30.9 Å². The van der Waals surface area contributed by atoms with E-state index in [-0.39, 0.29) is 5.56 Å². The molecule has 0 aliphatic carbocycles. The Morgan fingerprint density at radius 2 is 2.39 bits per heavy atom. The minimum atomic E-state index is -0.448. The lowest BCUT2D eigenvalue weighted by molar-refractivity contribution is 0.112. The Labute approximate surface area is 107 Å². The molecule has 98 valence electrons. The van der Waals surface area contributed by atoms with Crippen molar-refractivity contribution in [3.8, 4) is 0 Å². The van der Waals surface area contributed by atoms with Gasteiger partial charge in [-0.3, -0.25) is 4.79 Å². The monoisotopic (exact) mass is 251 g/mol. The molecule has 1 aromatic rings. The maximum atomic E-state index is 13.6. The number of hydrogen-bond donors (Lipinski definition) is 0. The first-order valence-electron chi connectivity index (χ1n) is 6.24. The zero-order valence-corrected chi connectivity index (χ0v) is 10.6. The third-order valence-corrected chi connectivity index (χ3v) is 3.41. The van der Waals surface area contributed by atoms with E-state index in [1.165, 1.54) is 6.07 Å². The van der Waals surface area contributed by atoms with E-state index < -0.39 is 5.82 Å². The molecule has 1 aliphatic rings. The van der Waals surface area contributed by atoms with E-state index in [0.717, 1.165) is 25.9 Å². The van der Waals surface area contributed by atoms with Crippen molar-refractivity contribution < 1.29 is 13.9 Å². The molecule has 1 aliphatic heterocycles. The SMILES string of the molecule is COCC1CCCN(c2cccc(F)c2C=O)C1. The molecule has 0 bridgehead atoms. The highest BCUT2D eigenvalue weighted by Gasteiger charge is 2.22. The normalized spacial score (nSPS) is 19.9. The second kappa shape index (κ2) is 5.96.